The summed E-state index contributed by atoms with van der Waals surface area (Å²) in [6.45, 7) is 6.84. The van der Waals surface area contributed by atoms with Crippen LogP contribution in [-0.4, -0.2) is 12.3 Å². The SMILES string of the molecule is COc1ccc(CNC(C)c2c(C)noc2C)cc1. The van der Waals surface area contributed by atoms with Crippen molar-refractivity contribution in [1.82, 2.24) is 10.5 Å². The molecule has 19 heavy (non-hydrogen) atoms. The number of nitrogens with zero attached hydrogens (tertiary/aromatic N) is 1. The Balaban J connectivity index is 1.98. The van der Waals surface area contributed by atoms with Crippen LogP contribution in [0.4, 0.5) is 0 Å². The van der Waals surface area contributed by atoms with E-state index in [0.29, 0.717) is 0 Å². The third-order valence-electron chi connectivity index (χ3n) is 3.29. The molecule has 102 valence electrons. The number of nitrogens with one attached hydrogen (secondary N) is 1. The van der Waals surface area contributed by atoms with Gasteiger partial charge in [0.2, 0.25) is 0 Å². The zero-order valence-electron chi connectivity index (χ0n) is 11.9. The standard InChI is InChI=1S/C15H20N2O2/c1-10(15-11(2)17-19-12(15)3)16-9-13-5-7-14(18-4)8-6-13/h5-8,10,16H,9H2,1-4H3. The topological polar surface area (TPSA) is 47.3 Å². The third-order valence-corrected chi connectivity index (χ3v) is 3.29. The van der Waals surface area contributed by atoms with E-state index < -0.39 is 0 Å². The van der Waals surface area contributed by atoms with Gasteiger partial charge in [-0.15, -0.1) is 0 Å². The first kappa shape index (κ1) is 13.6. The largest absolute Gasteiger partial charge is 0.497 e. The van der Waals surface area contributed by atoms with Crippen LogP contribution in [0, 0.1) is 13.8 Å². The maximum atomic E-state index is 5.19. The second-order valence-electron chi connectivity index (χ2n) is 4.69. The lowest BCUT2D eigenvalue weighted by molar-refractivity contribution is 0.390. The minimum Gasteiger partial charge on any atom is -0.497 e. The molecule has 0 radical (unpaired) electrons. The Morgan fingerprint density at radius 3 is 2.47 bits per heavy atom. The van der Waals surface area contributed by atoms with Gasteiger partial charge in [-0.1, -0.05) is 17.3 Å². The van der Waals surface area contributed by atoms with E-state index in [1.54, 1.807) is 7.11 Å². The summed E-state index contributed by atoms with van der Waals surface area (Å²) in [7, 11) is 1.67. The molecule has 0 aliphatic heterocycles. The first-order valence-corrected chi connectivity index (χ1v) is 6.41. The first-order valence-electron chi connectivity index (χ1n) is 6.41. The van der Waals surface area contributed by atoms with Crippen LogP contribution >= 0.6 is 0 Å². The first-order chi connectivity index (χ1) is 9.11. The second kappa shape index (κ2) is 5.89. The van der Waals surface area contributed by atoms with Gasteiger partial charge in [-0.2, -0.15) is 0 Å². The molecule has 2 aromatic rings. The van der Waals surface area contributed by atoms with Gasteiger partial charge in [0, 0.05) is 18.2 Å². The molecule has 0 bridgehead atoms. The molecule has 2 rings (SSSR count). The Labute approximate surface area is 113 Å². The van der Waals surface area contributed by atoms with E-state index in [4.69, 9.17) is 9.26 Å². The minimum absolute atomic E-state index is 0.216. The number of hydrogen-bond acceptors (Lipinski definition) is 4. The minimum atomic E-state index is 0.216. The van der Waals surface area contributed by atoms with E-state index in [1.165, 1.54) is 5.56 Å². The number of ether oxygens (including phenoxy) is 1. The highest BCUT2D eigenvalue weighted by Gasteiger charge is 2.15. The zero-order chi connectivity index (χ0) is 13.8. The van der Waals surface area contributed by atoms with Crippen LogP contribution in [0.2, 0.25) is 0 Å². The van der Waals surface area contributed by atoms with E-state index in [1.807, 2.05) is 26.0 Å². The number of aryl methyl sites for hydroxylation is 2. The molecule has 1 unspecified atom stereocenters. The van der Waals surface area contributed by atoms with Crippen molar-refractivity contribution in [3.8, 4) is 5.75 Å². The molecule has 1 atom stereocenters. The summed E-state index contributed by atoms with van der Waals surface area (Å²) < 4.78 is 10.3. The molecule has 0 aliphatic carbocycles. The van der Waals surface area contributed by atoms with E-state index >= 15 is 0 Å². The smallest absolute Gasteiger partial charge is 0.138 e. The normalized spacial score (nSPS) is 12.4. The van der Waals surface area contributed by atoms with Crippen LogP contribution in [0.3, 0.4) is 0 Å². The molecule has 1 N–H and O–H groups in total. The molecule has 1 aromatic carbocycles. The van der Waals surface area contributed by atoms with Gasteiger partial charge in [0.25, 0.3) is 0 Å². The molecule has 4 heteroatoms. The lowest BCUT2D eigenvalue weighted by atomic mass is 10.1. The Bertz CT molecular complexity index is 512. The van der Waals surface area contributed by atoms with Gasteiger partial charge in [0.15, 0.2) is 0 Å². The quantitative estimate of drug-likeness (QED) is 0.897. The highest BCUT2D eigenvalue weighted by molar-refractivity contribution is 5.28. The van der Waals surface area contributed by atoms with Gasteiger partial charge in [-0.05, 0) is 38.5 Å². The second-order valence-corrected chi connectivity index (χ2v) is 4.69. The van der Waals surface area contributed by atoms with Crippen molar-refractivity contribution in [2.24, 2.45) is 0 Å². The molecule has 0 spiro atoms. The number of hydrogen-bond donors (Lipinski definition) is 1. The summed E-state index contributed by atoms with van der Waals surface area (Å²) in [5.74, 6) is 1.76. The summed E-state index contributed by atoms with van der Waals surface area (Å²) in [6, 6.07) is 8.28. The molecule has 1 heterocycles. The van der Waals surface area contributed by atoms with Gasteiger partial charge in [-0.3, -0.25) is 0 Å². The molecular weight excluding hydrogens is 240 g/mol. The van der Waals surface area contributed by atoms with Gasteiger partial charge in [0.05, 0.1) is 12.8 Å². The molecule has 0 saturated carbocycles. The molecule has 1 aromatic heterocycles. The van der Waals surface area contributed by atoms with Crippen molar-refractivity contribution >= 4 is 0 Å². The summed E-state index contributed by atoms with van der Waals surface area (Å²) in [6.07, 6.45) is 0. The summed E-state index contributed by atoms with van der Waals surface area (Å²) in [5, 5.41) is 7.46. The third kappa shape index (κ3) is 3.15. The van der Waals surface area contributed by atoms with Crippen molar-refractivity contribution in [2.75, 3.05) is 7.11 Å². The van der Waals surface area contributed by atoms with Gasteiger partial charge >= 0.3 is 0 Å². The number of benzene rings is 1. The van der Waals surface area contributed by atoms with Gasteiger partial charge in [0.1, 0.15) is 11.5 Å². The average molecular weight is 260 g/mol. The monoisotopic (exact) mass is 260 g/mol. The van der Waals surface area contributed by atoms with Crippen molar-refractivity contribution in [1.29, 1.82) is 0 Å². The van der Waals surface area contributed by atoms with E-state index in [2.05, 4.69) is 29.5 Å². The molecule has 0 aliphatic rings. The van der Waals surface area contributed by atoms with Crippen LogP contribution in [0.25, 0.3) is 0 Å². The van der Waals surface area contributed by atoms with Gasteiger partial charge < -0.3 is 14.6 Å². The Morgan fingerprint density at radius 1 is 1.26 bits per heavy atom. The summed E-state index contributed by atoms with van der Waals surface area (Å²) in [4.78, 5) is 0. The van der Waals surface area contributed by atoms with Crippen LogP contribution < -0.4 is 10.1 Å². The predicted octanol–water partition coefficient (Wildman–Crippen LogP) is 3.15. The lowest BCUT2D eigenvalue weighted by Crippen LogP contribution is -2.19. The predicted molar refractivity (Wildman–Crippen MR) is 74.2 cm³/mol. The summed E-state index contributed by atoms with van der Waals surface area (Å²) >= 11 is 0. The molecular formula is C15H20N2O2. The maximum absolute atomic E-state index is 5.19. The van der Waals surface area contributed by atoms with Crippen molar-refractivity contribution in [3.05, 3.63) is 46.8 Å². The fraction of sp³-hybridized carbons (Fsp3) is 0.400. The van der Waals surface area contributed by atoms with Crippen molar-refractivity contribution in [2.45, 2.75) is 33.4 Å². The van der Waals surface area contributed by atoms with E-state index in [0.717, 1.165) is 29.3 Å². The average Bonchev–Trinajstić information content (AvgIpc) is 2.76. The zero-order valence-corrected chi connectivity index (χ0v) is 11.9. The molecule has 0 amide bonds. The van der Waals surface area contributed by atoms with Crippen molar-refractivity contribution in [3.63, 3.8) is 0 Å². The Morgan fingerprint density at radius 2 is 1.95 bits per heavy atom. The van der Waals surface area contributed by atoms with E-state index in [-0.39, 0.29) is 6.04 Å². The lowest BCUT2D eigenvalue weighted by Gasteiger charge is -2.13. The van der Waals surface area contributed by atoms with Crippen LogP contribution in [0.5, 0.6) is 5.75 Å². The number of rotatable bonds is 5. The highest BCUT2D eigenvalue weighted by atomic mass is 16.5. The molecule has 4 nitrogen and oxygen atoms in total. The Kier molecular flexibility index (Phi) is 4.22. The number of aromatic nitrogens is 1. The molecule has 0 fully saturated rings. The van der Waals surface area contributed by atoms with Crippen LogP contribution in [-0.2, 0) is 6.54 Å². The van der Waals surface area contributed by atoms with Gasteiger partial charge in [-0.25, -0.2) is 0 Å². The van der Waals surface area contributed by atoms with Crippen molar-refractivity contribution < 1.29 is 9.26 Å². The maximum Gasteiger partial charge on any atom is 0.138 e. The highest BCUT2D eigenvalue weighted by Crippen LogP contribution is 2.21. The van der Waals surface area contributed by atoms with E-state index in [9.17, 15) is 0 Å². The summed E-state index contributed by atoms with van der Waals surface area (Å²) in [5.41, 5.74) is 3.32. The molecule has 0 saturated heterocycles. The van der Waals surface area contributed by atoms with Crippen LogP contribution in [0.1, 0.15) is 35.5 Å². The fourth-order valence-corrected chi connectivity index (χ4v) is 2.22. The fourth-order valence-electron chi connectivity index (χ4n) is 2.22. The number of methoxy groups -OCH3 is 1. The van der Waals surface area contributed by atoms with Crippen LogP contribution in [0.15, 0.2) is 28.8 Å². The Hall–Kier alpha value is -1.81.